The molecule has 1 heterocycles. The first-order chi connectivity index (χ1) is 11.0. The van der Waals surface area contributed by atoms with E-state index in [-0.39, 0.29) is 19.0 Å². The van der Waals surface area contributed by atoms with Crippen molar-refractivity contribution in [2.75, 3.05) is 19.6 Å². The smallest absolute Gasteiger partial charge is 0.302 e. The van der Waals surface area contributed by atoms with Crippen molar-refractivity contribution in [3.63, 3.8) is 0 Å². The molecule has 1 aliphatic rings. The van der Waals surface area contributed by atoms with Gasteiger partial charge in [0.25, 0.3) is 0 Å². The molecule has 9 heteroatoms. The van der Waals surface area contributed by atoms with Crippen LogP contribution < -0.4 is 0 Å². The fourth-order valence-corrected chi connectivity index (χ4v) is 3.41. The molecule has 23 heavy (non-hydrogen) atoms. The van der Waals surface area contributed by atoms with Gasteiger partial charge in [0.15, 0.2) is 0 Å². The van der Waals surface area contributed by atoms with E-state index >= 15 is 0 Å². The highest BCUT2D eigenvalue weighted by atomic mass is 32.2. The number of nitrogens with zero attached hydrogens (tertiary/aromatic N) is 5. The van der Waals surface area contributed by atoms with Gasteiger partial charge < -0.3 is 4.90 Å². The molecule has 1 fully saturated rings. The number of benzene rings is 1. The van der Waals surface area contributed by atoms with Crippen LogP contribution in [0.2, 0.25) is 0 Å². The Morgan fingerprint density at radius 1 is 1.30 bits per heavy atom. The fraction of sp³-hybridized carbons (Fsp3) is 0.500. The van der Waals surface area contributed by atoms with Crippen LogP contribution in [0.15, 0.2) is 34.9 Å². The average molecular weight is 337 g/mol. The fourth-order valence-electron chi connectivity index (χ4n) is 2.54. The Bertz CT molecular complexity index is 686. The summed E-state index contributed by atoms with van der Waals surface area (Å²) >= 11 is 0. The maximum Gasteiger partial charge on any atom is 0.302 e. The highest BCUT2D eigenvalue weighted by molar-refractivity contribution is 7.87. The lowest BCUT2D eigenvalue weighted by Gasteiger charge is -2.21. The van der Waals surface area contributed by atoms with Crippen LogP contribution in [0.5, 0.6) is 0 Å². The van der Waals surface area contributed by atoms with E-state index in [1.54, 1.807) is 4.90 Å². The van der Waals surface area contributed by atoms with Gasteiger partial charge in [-0.15, -0.1) is 0 Å². The molecule has 1 saturated heterocycles. The number of azide groups is 1. The monoisotopic (exact) mass is 337 g/mol. The van der Waals surface area contributed by atoms with E-state index in [0.717, 1.165) is 22.8 Å². The van der Waals surface area contributed by atoms with Crippen LogP contribution in [0, 0.1) is 0 Å². The number of hydrogen-bond acceptors (Lipinski definition) is 3. The number of carbonyl (C=O) groups excluding carboxylic acids is 1. The molecular weight excluding hydrogens is 318 g/mol. The molecule has 1 aromatic carbocycles. The summed E-state index contributed by atoms with van der Waals surface area (Å²) in [6.07, 6.45) is 1.91. The van der Waals surface area contributed by atoms with E-state index in [1.807, 2.05) is 30.3 Å². The van der Waals surface area contributed by atoms with Crippen LogP contribution in [-0.4, -0.2) is 43.2 Å². The van der Waals surface area contributed by atoms with E-state index in [1.165, 1.54) is 0 Å². The molecular formula is C14H19N5O3S. The standard InChI is InChI=1S/C14H19N5O3S/c15-16-17-23(21,22)19(12-13-6-2-1-3-7-13)11-5-10-18-9-4-8-14(18)20/h1-3,6-7H,4-5,8-12H2. The third kappa shape index (κ3) is 4.95. The summed E-state index contributed by atoms with van der Waals surface area (Å²) in [5, 5.41) is 0. The Labute approximate surface area is 135 Å². The number of rotatable bonds is 8. The van der Waals surface area contributed by atoms with Crippen molar-refractivity contribution in [2.45, 2.75) is 25.8 Å². The summed E-state index contributed by atoms with van der Waals surface area (Å²) in [5.41, 5.74) is 9.26. The van der Waals surface area contributed by atoms with E-state index in [2.05, 4.69) is 9.43 Å². The Morgan fingerprint density at radius 3 is 2.65 bits per heavy atom. The number of carbonyl (C=O) groups is 1. The molecule has 0 atom stereocenters. The molecule has 1 aromatic rings. The molecule has 0 N–H and O–H groups in total. The van der Waals surface area contributed by atoms with Gasteiger partial charge in [-0.2, -0.15) is 4.31 Å². The van der Waals surface area contributed by atoms with Gasteiger partial charge in [0.1, 0.15) is 0 Å². The van der Waals surface area contributed by atoms with Gasteiger partial charge in [0.05, 0.1) is 0 Å². The van der Waals surface area contributed by atoms with Gasteiger partial charge in [-0.25, -0.2) is 8.42 Å². The lowest BCUT2D eigenvalue weighted by Crippen LogP contribution is -2.33. The number of hydrogen-bond donors (Lipinski definition) is 0. The maximum absolute atomic E-state index is 12.1. The van der Waals surface area contributed by atoms with Crippen LogP contribution in [-0.2, 0) is 21.5 Å². The number of likely N-dealkylation sites (tertiary alicyclic amines) is 1. The minimum Gasteiger partial charge on any atom is -0.343 e. The van der Waals surface area contributed by atoms with E-state index < -0.39 is 10.2 Å². The highest BCUT2D eigenvalue weighted by Crippen LogP contribution is 2.14. The first-order valence-corrected chi connectivity index (χ1v) is 8.81. The van der Waals surface area contributed by atoms with Crippen molar-refractivity contribution >= 4 is 16.1 Å². The quantitative estimate of drug-likeness (QED) is 0.411. The highest BCUT2D eigenvalue weighted by Gasteiger charge is 2.23. The third-order valence-corrected chi connectivity index (χ3v) is 4.92. The predicted molar refractivity (Wildman–Crippen MR) is 85.3 cm³/mol. The summed E-state index contributed by atoms with van der Waals surface area (Å²) < 4.78 is 28.2. The molecule has 0 aromatic heterocycles. The van der Waals surface area contributed by atoms with Crippen LogP contribution in [0.3, 0.4) is 0 Å². The van der Waals surface area contributed by atoms with Crippen LogP contribution in [0.4, 0.5) is 0 Å². The molecule has 0 spiro atoms. The Kier molecular flexibility index (Phi) is 5.97. The second-order valence-corrected chi connectivity index (χ2v) is 6.88. The average Bonchev–Trinajstić information content (AvgIpc) is 2.92. The van der Waals surface area contributed by atoms with Crippen molar-refractivity contribution < 1.29 is 13.2 Å². The number of amides is 1. The van der Waals surface area contributed by atoms with Crippen molar-refractivity contribution in [2.24, 2.45) is 4.52 Å². The van der Waals surface area contributed by atoms with Gasteiger partial charge in [0.2, 0.25) is 5.91 Å². The molecule has 0 unspecified atom stereocenters. The van der Waals surface area contributed by atoms with Gasteiger partial charge >= 0.3 is 10.2 Å². The molecule has 124 valence electrons. The van der Waals surface area contributed by atoms with E-state index in [9.17, 15) is 13.2 Å². The van der Waals surface area contributed by atoms with Crippen LogP contribution >= 0.6 is 0 Å². The van der Waals surface area contributed by atoms with E-state index in [0.29, 0.717) is 19.4 Å². The van der Waals surface area contributed by atoms with Crippen LogP contribution in [0.25, 0.3) is 10.4 Å². The molecule has 0 saturated carbocycles. The van der Waals surface area contributed by atoms with Crippen molar-refractivity contribution in [3.8, 4) is 0 Å². The lowest BCUT2D eigenvalue weighted by molar-refractivity contribution is -0.127. The Hall–Kier alpha value is -2.09. The Morgan fingerprint density at radius 2 is 2.04 bits per heavy atom. The normalized spacial score (nSPS) is 15.0. The molecule has 1 amide bonds. The summed E-state index contributed by atoms with van der Waals surface area (Å²) in [6, 6.07) is 9.09. The maximum atomic E-state index is 12.1. The predicted octanol–water partition coefficient (Wildman–Crippen LogP) is 2.06. The summed E-state index contributed by atoms with van der Waals surface area (Å²) in [5.74, 6) is 0.109. The zero-order chi connectivity index (χ0) is 16.7. The minimum atomic E-state index is -4.04. The lowest BCUT2D eigenvalue weighted by atomic mass is 10.2. The topological polar surface area (TPSA) is 106 Å². The van der Waals surface area contributed by atoms with Gasteiger partial charge in [-0.1, -0.05) is 30.3 Å². The summed E-state index contributed by atoms with van der Waals surface area (Å²) in [4.78, 5) is 15.7. The summed E-state index contributed by atoms with van der Waals surface area (Å²) in [7, 11) is -4.04. The molecule has 0 radical (unpaired) electrons. The molecule has 1 aliphatic heterocycles. The first kappa shape index (κ1) is 17.3. The summed E-state index contributed by atoms with van der Waals surface area (Å²) in [6.45, 7) is 1.56. The second-order valence-electron chi connectivity index (χ2n) is 5.31. The largest absolute Gasteiger partial charge is 0.343 e. The van der Waals surface area contributed by atoms with Gasteiger partial charge in [-0.05, 0) is 23.9 Å². The van der Waals surface area contributed by atoms with Gasteiger partial charge in [-0.3, -0.25) is 4.79 Å². The van der Waals surface area contributed by atoms with Crippen molar-refractivity contribution in [3.05, 3.63) is 46.3 Å². The zero-order valence-electron chi connectivity index (χ0n) is 12.7. The van der Waals surface area contributed by atoms with Crippen molar-refractivity contribution in [1.29, 1.82) is 0 Å². The molecule has 0 bridgehead atoms. The molecule has 2 rings (SSSR count). The van der Waals surface area contributed by atoms with Gasteiger partial charge in [0, 0.05) is 42.0 Å². The zero-order valence-corrected chi connectivity index (χ0v) is 13.5. The molecule has 0 aliphatic carbocycles. The van der Waals surface area contributed by atoms with E-state index in [4.69, 9.17) is 5.53 Å². The first-order valence-electron chi connectivity index (χ1n) is 7.41. The SMILES string of the molecule is [N-]=[N+]=NS(=O)(=O)N(CCCN1CCCC1=O)Cc1ccccc1. The Balaban J connectivity index is 2.01. The van der Waals surface area contributed by atoms with Crippen LogP contribution in [0.1, 0.15) is 24.8 Å². The molecule has 8 nitrogen and oxygen atoms in total. The second kappa shape index (κ2) is 7.96. The minimum absolute atomic E-state index is 0.109. The third-order valence-electron chi connectivity index (χ3n) is 3.67. The van der Waals surface area contributed by atoms with Crippen molar-refractivity contribution in [1.82, 2.24) is 9.21 Å².